The largest absolute Gasteiger partial charge is 0.493 e. The smallest absolute Gasteiger partial charge is 0.182 e. The lowest BCUT2D eigenvalue weighted by Crippen LogP contribution is -2.19. The molecule has 0 spiro atoms. The Morgan fingerprint density at radius 3 is 2.52 bits per heavy atom. The molecule has 156 valence electrons. The van der Waals surface area contributed by atoms with Gasteiger partial charge in [0.25, 0.3) is 0 Å². The van der Waals surface area contributed by atoms with Crippen molar-refractivity contribution in [2.24, 2.45) is 11.1 Å². The summed E-state index contributed by atoms with van der Waals surface area (Å²) in [6.07, 6.45) is 4.41. The first-order chi connectivity index (χ1) is 14.0. The van der Waals surface area contributed by atoms with Gasteiger partial charge in [0.1, 0.15) is 5.71 Å². The van der Waals surface area contributed by atoms with Crippen molar-refractivity contribution in [1.82, 2.24) is 4.57 Å². The molecule has 0 amide bonds. The molecule has 1 aromatic heterocycles. The Balaban J connectivity index is 1.93. The van der Waals surface area contributed by atoms with Gasteiger partial charge in [-0.05, 0) is 57.1 Å². The molecule has 1 aliphatic rings. The first kappa shape index (κ1) is 21.3. The second-order valence-corrected chi connectivity index (χ2v) is 8.07. The summed E-state index contributed by atoms with van der Waals surface area (Å²) in [6.45, 7) is 5.04. The standard InChI is InChI=1S/C22H28N2O4S/c1-15-9-19(25)10-16(2)24(15)12-20(23-28-14-29-4)18-7-8-21(26-3)22(11-18)27-13-17-5-6-17/h7-11,17H,5-6,12-14H2,1-4H3/b23-20+. The van der Waals surface area contributed by atoms with Crippen LogP contribution in [0.25, 0.3) is 0 Å². The van der Waals surface area contributed by atoms with Gasteiger partial charge in [-0.1, -0.05) is 5.16 Å². The minimum absolute atomic E-state index is 0.00795. The van der Waals surface area contributed by atoms with E-state index in [1.54, 1.807) is 31.0 Å². The Labute approximate surface area is 175 Å². The number of aromatic nitrogens is 1. The lowest BCUT2D eigenvalue weighted by molar-refractivity contribution is 0.196. The normalized spacial score (nSPS) is 14.0. The quantitative estimate of drug-likeness (QED) is 0.254. The fourth-order valence-corrected chi connectivity index (χ4v) is 3.24. The molecule has 29 heavy (non-hydrogen) atoms. The van der Waals surface area contributed by atoms with E-state index in [-0.39, 0.29) is 5.43 Å². The van der Waals surface area contributed by atoms with E-state index < -0.39 is 0 Å². The molecule has 1 fully saturated rings. The highest BCUT2D eigenvalue weighted by Crippen LogP contribution is 2.33. The Bertz CT molecular complexity index is 909. The van der Waals surface area contributed by atoms with Crippen LogP contribution in [-0.4, -0.2) is 36.2 Å². The molecule has 1 aliphatic carbocycles. The number of methoxy groups -OCH3 is 1. The number of oxime groups is 1. The summed E-state index contributed by atoms with van der Waals surface area (Å²) in [4.78, 5) is 17.3. The van der Waals surface area contributed by atoms with Crippen molar-refractivity contribution in [3.05, 3.63) is 57.5 Å². The average Bonchev–Trinajstić information content (AvgIpc) is 3.52. The molecular weight excluding hydrogens is 388 g/mol. The van der Waals surface area contributed by atoms with Crippen LogP contribution in [0.4, 0.5) is 0 Å². The van der Waals surface area contributed by atoms with Crippen LogP contribution < -0.4 is 14.9 Å². The number of ether oxygens (including phenoxy) is 2. The minimum Gasteiger partial charge on any atom is -0.493 e. The van der Waals surface area contributed by atoms with Gasteiger partial charge in [0.05, 0.1) is 20.3 Å². The van der Waals surface area contributed by atoms with E-state index in [0.717, 1.165) is 22.7 Å². The molecule has 6 nitrogen and oxygen atoms in total. The van der Waals surface area contributed by atoms with Crippen molar-refractivity contribution < 1.29 is 14.3 Å². The van der Waals surface area contributed by atoms with Gasteiger partial charge in [-0.2, -0.15) is 0 Å². The lowest BCUT2D eigenvalue weighted by atomic mass is 10.1. The molecule has 1 aromatic carbocycles. The third-order valence-electron chi connectivity index (χ3n) is 4.88. The van der Waals surface area contributed by atoms with E-state index in [1.807, 2.05) is 38.3 Å². The van der Waals surface area contributed by atoms with Gasteiger partial charge in [-0.15, -0.1) is 11.8 Å². The molecule has 7 heteroatoms. The van der Waals surface area contributed by atoms with E-state index >= 15 is 0 Å². The van der Waals surface area contributed by atoms with Gasteiger partial charge < -0.3 is 18.9 Å². The fourth-order valence-electron chi connectivity index (χ4n) is 3.08. The number of rotatable bonds is 10. The number of benzene rings is 1. The maximum absolute atomic E-state index is 11.8. The summed E-state index contributed by atoms with van der Waals surface area (Å²) in [5, 5.41) is 4.39. The maximum Gasteiger partial charge on any atom is 0.182 e. The SMILES string of the molecule is COc1ccc(/C(Cn2c(C)cc(=O)cc2C)=N/OCSC)cc1OCC1CC1. The molecule has 0 radical (unpaired) electrons. The molecule has 0 aliphatic heterocycles. The second kappa shape index (κ2) is 9.87. The third kappa shape index (κ3) is 5.79. The lowest BCUT2D eigenvalue weighted by Gasteiger charge is -2.17. The zero-order valence-electron chi connectivity index (χ0n) is 17.4. The van der Waals surface area contributed by atoms with Gasteiger partial charge in [0.2, 0.25) is 0 Å². The molecule has 3 rings (SSSR count). The van der Waals surface area contributed by atoms with Gasteiger partial charge in [-0.25, -0.2) is 0 Å². The summed E-state index contributed by atoms with van der Waals surface area (Å²) >= 11 is 1.56. The number of pyridine rings is 1. The van der Waals surface area contributed by atoms with Crippen LogP contribution in [0, 0.1) is 19.8 Å². The summed E-state index contributed by atoms with van der Waals surface area (Å²) in [7, 11) is 1.64. The first-order valence-corrected chi connectivity index (χ1v) is 11.1. The highest BCUT2D eigenvalue weighted by molar-refractivity contribution is 7.98. The third-order valence-corrected chi connectivity index (χ3v) is 5.22. The zero-order valence-corrected chi connectivity index (χ0v) is 18.3. The number of nitrogens with zero attached hydrogens (tertiary/aromatic N) is 2. The molecule has 0 N–H and O–H groups in total. The number of hydrogen-bond donors (Lipinski definition) is 0. The summed E-state index contributed by atoms with van der Waals surface area (Å²) in [5.74, 6) is 2.53. The van der Waals surface area contributed by atoms with Crippen molar-refractivity contribution in [1.29, 1.82) is 0 Å². The molecule has 1 heterocycles. The van der Waals surface area contributed by atoms with Crippen LogP contribution in [0.2, 0.25) is 0 Å². The highest BCUT2D eigenvalue weighted by Gasteiger charge is 2.23. The fraction of sp³-hybridized carbons (Fsp3) is 0.455. The van der Waals surface area contributed by atoms with E-state index in [9.17, 15) is 4.79 Å². The van der Waals surface area contributed by atoms with Crippen LogP contribution in [0.15, 0.2) is 40.3 Å². The van der Waals surface area contributed by atoms with Crippen LogP contribution in [-0.2, 0) is 11.4 Å². The van der Waals surface area contributed by atoms with E-state index in [2.05, 4.69) is 9.72 Å². The monoisotopic (exact) mass is 416 g/mol. The Morgan fingerprint density at radius 2 is 1.90 bits per heavy atom. The zero-order chi connectivity index (χ0) is 20.8. The molecule has 0 saturated heterocycles. The van der Waals surface area contributed by atoms with Gasteiger partial charge in [0.15, 0.2) is 22.9 Å². The summed E-state index contributed by atoms with van der Waals surface area (Å²) < 4.78 is 13.5. The second-order valence-electron chi connectivity index (χ2n) is 7.25. The molecule has 0 bridgehead atoms. The van der Waals surface area contributed by atoms with Gasteiger partial charge in [0, 0.05) is 29.1 Å². The number of hydrogen-bond acceptors (Lipinski definition) is 6. The Morgan fingerprint density at radius 1 is 1.17 bits per heavy atom. The number of aryl methyl sites for hydroxylation is 2. The van der Waals surface area contributed by atoms with Crippen molar-refractivity contribution in [2.45, 2.75) is 33.2 Å². The van der Waals surface area contributed by atoms with E-state index in [4.69, 9.17) is 14.3 Å². The minimum atomic E-state index is 0.00795. The van der Waals surface area contributed by atoms with Crippen LogP contribution >= 0.6 is 11.8 Å². The Kier molecular flexibility index (Phi) is 7.25. The molecule has 0 atom stereocenters. The molecule has 2 aromatic rings. The molecule has 1 saturated carbocycles. The first-order valence-electron chi connectivity index (χ1n) is 9.69. The van der Waals surface area contributed by atoms with Crippen molar-refractivity contribution in [3.8, 4) is 11.5 Å². The van der Waals surface area contributed by atoms with Crippen molar-refractivity contribution >= 4 is 17.5 Å². The molecular formula is C22H28N2O4S. The van der Waals surface area contributed by atoms with Crippen molar-refractivity contribution in [3.63, 3.8) is 0 Å². The number of thioether (sulfide) groups is 1. The van der Waals surface area contributed by atoms with Gasteiger partial charge >= 0.3 is 0 Å². The highest BCUT2D eigenvalue weighted by atomic mass is 32.2. The van der Waals surface area contributed by atoms with Crippen LogP contribution in [0.1, 0.15) is 29.8 Å². The van der Waals surface area contributed by atoms with E-state index in [0.29, 0.717) is 36.5 Å². The van der Waals surface area contributed by atoms with Gasteiger partial charge in [-0.3, -0.25) is 4.79 Å². The predicted molar refractivity (Wildman–Crippen MR) is 117 cm³/mol. The average molecular weight is 417 g/mol. The van der Waals surface area contributed by atoms with Crippen LogP contribution in [0.3, 0.4) is 0 Å². The topological polar surface area (TPSA) is 62.1 Å². The van der Waals surface area contributed by atoms with Crippen molar-refractivity contribution in [2.75, 3.05) is 25.9 Å². The predicted octanol–water partition coefficient (Wildman–Crippen LogP) is 4.00. The summed E-state index contributed by atoms with van der Waals surface area (Å²) in [6, 6.07) is 9.07. The summed E-state index contributed by atoms with van der Waals surface area (Å²) in [5.41, 5.74) is 3.43. The molecule has 0 unspecified atom stereocenters. The maximum atomic E-state index is 11.8. The Hall–Kier alpha value is -2.41. The van der Waals surface area contributed by atoms with Crippen LogP contribution in [0.5, 0.6) is 11.5 Å². The van der Waals surface area contributed by atoms with E-state index in [1.165, 1.54) is 12.8 Å².